The van der Waals surface area contributed by atoms with Gasteiger partial charge in [0.1, 0.15) is 5.82 Å². The first-order valence-electron chi connectivity index (χ1n) is 5.03. The number of nitrogens with one attached hydrogen (secondary N) is 2. The standard InChI is InChI=1S/C10H12F4N4/c1-2-16-9(18-15)17-8-5-6(10(12,13)14)3-4-7(8)11/h3-5H,2,15H2,1H3,(H2,16,17,18). The molecule has 0 atom stereocenters. The summed E-state index contributed by atoms with van der Waals surface area (Å²) in [6.07, 6.45) is -4.54. The van der Waals surface area contributed by atoms with Crippen LogP contribution in [0.5, 0.6) is 0 Å². The number of alkyl halides is 3. The van der Waals surface area contributed by atoms with E-state index in [0.717, 1.165) is 6.07 Å². The van der Waals surface area contributed by atoms with Gasteiger partial charge in [0, 0.05) is 6.54 Å². The summed E-state index contributed by atoms with van der Waals surface area (Å²) in [5.41, 5.74) is 0.817. The normalized spacial score (nSPS) is 12.4. The summed E-state index contributed by atoms with van der Waals surface area (Å²) >= 11 is 0. The molecule has 0 aromatic heterocycles. The van der Waals surface area contributed by atoms with Crippen LogP contribution in [0.25, 0.3) is 0 Å². The lowest BCUT2D eigenvalue weighted by Gasteiger charge is -2.12. The molecule has 1 rings (SSSR count). The van der Waals surface area contributed by atoms with Crippen LogP contribution >= 0.6 is 0 Å². The molecule has 0 amide bonds. The Morgan fingerprint density at radius 2 is 2.06 bits per heavy atom. The number of rotatable bonds is 2. The number of nitrogens with two attached hydrogens (primary N) is 1. The van der Waals surface area contributed by atoms with Crippen LogP contribution in [0, 0.1) is 5.82 Å². The first-order valence-corrected chi connectivity index (χ1v) is 5.03. The second-order valence-electron chi connectivity index (χ2n) is 3.28. The maximum atomic E-state index is 13.3. The van der Waals surface area contributed by atoms with E-state index in [2.05, 4.69) is 15.7 Å². The molecule has 0 heterocycles. The number of halogens is 4. The molecule has 100 valence electrons. The van der Waals surface area contributed by atoms with Gasteiger partial charge in [-0.3, -0.25) is 10.4 Å². The van der Waals surface area contributed by atoms with Gasteiger partial charge in [0.05, 0.1) is 11.3 Å². The zero-order valence-corrected chi connectivity index (χ0v) is 9.48. The molecule has 0 fully saturated rings. The number of anilines is 1. The predicted octanol–water partition coefficient (Wildman–Crippen LogP) is 2.10. The van der Waals surface area contributed by atoms with E-state index in [-0.39, 0.29) is 11.6 Å². The van der Waals surface area contributed by atoms with Crippen LogP contribution in [0.2, 0.25) is 0 Å². The van der Waals surface area contributed by atoms with Gasteiger partial charge in [-0.2, -0.15) is 13.2 Å². The molecule has 0 radical (unpaired) electrons. The van der Waals surface area contributed by atoms with Crippen molar-refractivity contribution in [1.82, 2.24) is 5.43 Å². The highest BCUT2D eigenvalue weighted by molar-refractivity contribution is 5.93. The molecular formula is C10H12F4N4. The first kappa shape index (κ1) is 14.2. The Balaban J connectivity index is 3.05. The average Bonchev–Trinajstić information content (AvgIpc) is 2.29. The molecule has 8 heteroatoms. The Kier molecular flexibility index (Phi) is 4.49. The quantitative estimate of drug-likeness (QED) is 0.252. The largest absolute Gasteiger partial charge is 0.416 e. The van der Waals surface area contributed by atoms with Crippen molar-refractivity contribution in [2.45, 2.75) is 13.1 Å². The number of guanidine groups is 1. The molecule has 1 aromatic carbocycles. The van der Waals surface area contributed by atoms with Crippen LogP contribution in [-0.4, -0.2) is 12.5 Å². The number of hydrazine groups is 1. The van der Waals surface area contributed by atoms with Crippen LogP contribution in [0.1, 0.15) is 12.5 Å². The summed E-state index contributed by atoms with van der Waals surface area (Å²) in [5.74, 6) is 4.24. The summed E-state index contributed by atoms with van der Waals surface area (Å²) in [6.45, 7) is 2.04. The van der Waals surface area contributed by atoms with E-state index in [9.17, 15) is 17.6 Å². The minimum atomic E-state index is -4.54. The number of hydrogen-bond acceptors (Lipinski definition) is 2. The second kappa shape index (κ2) is 5.67. The van der Waals surface area contributed by atoms with E-state index >= 15 is 0 Å². The molecule has 0 aliphatic carbocycles. The molecule has 0 saturated carbocycles. The Hall–Kier alpha value is -1.83. The van der Waals surface area contributed by atoms with Crippen LogP contribution in [0.3, 0.4) is 0 Å². The number of nitrogens with zero attached hydrogens (tertiary/aromatic N) is 1. The Morgan fingerprint density at radius 1 is 1.39 bits per heavy atom. The van der Waals surface area contributed by atoms with Crippen LogP contribution < -0.4 is 16.6 Å². The summed E-state index contributed by atoms with van der Waals surface area (Å²) in [7, 11) is 0. The van der Waals surface area contributed by atoms with Gasteiger partial charge in [0.15, 0.2) is 0 Å². The van der Waals surface area contributed by atoms with E-state index in [1.165, 1.54) is 0 Å². The second-order valence-corrected chi connectivity index (χ2v) is 3.28. The zero-order valence-electron chi connectivity index (χ0n) is 9.48. The van der Waals surface area contributed by atoms with Crippen LogP contribution in [0.15, 0.2) is 23.2 Å². The fourth-order valence-electron chi connectivity index (χ4n) is 1.20. The van der Waals surface area contributed by atoms with E-state index in [0.29, 0.717) is 18.7 Å². The third-order valence-electron chi connectivity index (χ3n) is 2.00. The van der Waals surface area contributed by atoms with Crippen LogP contribution in [-0.2, 0) is 6.18 Å². The highest BCUT2D eigenvalue weighted by atomic mass is 19.4. The van der Waals surface area contributed by atoms with Crippen molar-refractivity contribution in [3.63, 3.8) is 0 Å². The number of aliphatic imine (C=N–C) groups is 1. The molecule has 18 heavy (non-hydrogen) atoms. The minimum absolute atomic E-state index is 0.0178. The van der Waals surface area contributed by atoms with Crippen molar-refractivity contribution in [3.8, 4) is 0 Å². The monoisotopic (exact) mass is 264 g/mol. The van der Waals surface area contributed by atoms with Gasteiger partial charge in [-0.1, -0.05) is 0 Å². The third-order valence-corrected chi connectivity index (χ3v) is 2.00. The van der Waals surface area contributed by atoms with Gasteiger partial charge >= 0.3 is 6.18 Å². The van der Waals surface area contributed by atoms with Crippen LogP contribution in [0.4, 0.5) is 23.2 Å². The van der Waals surface area contributed by atoms with E-state index in [1.54, 1.807) is 6.92 Å². The molecule has 0 saturated heterocycles. The highest BCUT2D eigenvalue weighted by Crippen LogP contribution is 2.31. The maximum absolute atomic E-state index is 13.3. The van der Waals surface area contributed by atoms with Crippen molar-refractivity contribution >= 4 is 11.6 Å². The van der Waals surface area contributed by atoms with Gasteiger partial charge in [0.25, 0.3) is 0 Å². The van der Waals surface area contributed by atoms with E-state index in [4.69, 9.17) is 5.84 Å². The lowest BCUT2D eigenvalue weighted by Crippen LogP contribution is -2.36. The van der Waals surface area contributed by atoms with Crippen molar-refractivity contribution in [3.05, 3.63) is 29.6 Å². The Morgan fingerprint density at radius 3 is 2.56 bits per heavy atom. The van der Waals surface area contributed by atoms with Gasteiger partial charge in [-0.15, -0.1) is 0 Å². The number of benzene rings is 1. The van der Waals surface area contributed by atoms with Crippen molar-refractivity contribution in [1.29, 1.82) is 0 Å². The Bertz CT molecular complexity index is 442. The van der Waals surface area contributed by atoms with Crippen molar-refractivity contribution < 1.29 is 17.6 Å². The zero-order chi connectivity index (χ0) is 13.8. The van der Waals surface area contributed by atoms with Crippen molar-refractivity contribution in [2.75, 3.05) is 11.9 Å². The van der Waals surface area contributed by atoms with E-state index in [1.807, 2.05) is 0 Å². The summed E-state index contributed by atoms with van der Waals surface area (Å²) < 4.78 is 50.7. The molecule has 4 N–H and O–H groups in total. The lowest BCUT2D eigenvalue weighted by atomic mass is 10.2. The van der Waals surface area contributed by atoms with Crippen molar-refractivity contribution in [2.24, 2.45) is 10.8 Å². The fourth-order valence-corrected chi connectivity index (χ4v) is 1.20. The topological polar surface area (TPSA) is 62.4 Å². The van der Waals surface area contributed by atoms with Gasteiger partial charge in [0.2, 0.25) is 5.96 Å². The SMILES string of the molecule is CCN=C(NN)Nc1cc(C(F)(F)F)ccc1F. The third kappa shape index (κ3) is 3.59. The molecule has 0 bridgehead atoms. The summed E-state index contributed by atoms with van der Waals surface area (Å²) in [4.78, 5) is 3.79. The van der Waals surface area contributed by atoms with E-state index < -0.39 is 17.6 Å². The Labute approximate surface area is 101 Å². The highest BCUT2D eigenvalue weighted by Gasteiger charge is 2.31. The lowest BCUT2D eigenvalue weighted by molar-refractivity contribution is -0.137. The van der Waals surface area contributed by atoms with Gasteiger partial charge < -0.3 is 5.32 Å². The minimum Gasteiger partial charge on any atom is -0.323 e. The predicted molar refractivity (Wildman–Crippen MR) is 60.3 cm³/mol. The number of hydrogen-bond donors (Lipinski definition) is 3. The average molecular weight is 264 g/mol. The molecule has 0 aliphatic rings. The summed E-state index contributed by atoms with van der Waals surface area (Å²) in [5, 5.41) is 2.35. The molecule has 4 nitrogen and oxygen atoms in total. The smallest absolute Gasteiger partial charge is 0.323 e. The molecular weight excluding hydrogens is 252 g/mol. The molecule has 1 aromatic rings. The molecule has 0 unspecified atom stereocenters. The van der Waals surface area contributed by atoms with Gasteiger partial charge in [-0.05, 0) is 25.1 Å². The molecule has 0 aliphatic heterocycles. The summed E-state index contributed by atoms with van der Waals surface area (Å²) in [6, 6.07) is 2.04. The van der Waals surface area contributed by atoms with Gasteiger partial charge in [-0.25, -0.2) is 10.2 Å². The fraction of sp³-hybridized carbons (Fsp3) is 0.300. The maximum Gasteiger partial charge on any atom is 0.416 e. The molecule has 0 spiro atoms. The first-order chi connectivity index (χ1) is 8.38.